The van der Waals surface area contributed by atoms with E-state index in [1.807, 2.05) is 12.3 Å². The molecule has 1 aromatic carbocycles. The molecule has 0 radical (unpaired) electrons. The molecule has 0 unspecified atom stereocenters. The summed E-state index contributed by atoms with van der Waals surface area (Å²) in [4.78, 5) is 14.8. The summed E-state index contributed by atoms with van der Waals surface area (Å²) in [6.07, 6.45) is 6.07. The van der Waals surface area contributed by atoms with Gasteiger partial charge in [-0.2, -0.15) is 0 Å². The fraction of sp³-hybridized carbons (Fsp3) is 0.316. The van der Waals surface area contributed by atoms with E-state index < -0.39 is 11.6 Å². The summed E-state index contributed by atoms with van der Waals surface area (Å²) in [5.41, 5.74) is 1.56. The van der Waals surface area contributed by atoms with Crippen molar-refractivity contribution in [2.24, 2.45) is 5.92 Å². The number of benzene rings is 1. The first-order valence-electron chi connectivity index (χ1n) is 8.57. The number of nitrogens with zero attached hydrogens (tertiary/aromatic N) is 4. The topological polar surface area (TPSA) is 53.9 Å². The van der Waals surface area contributed by atoms with Crippen LogP contribution in [0.3, 0.4) is 0 Å². The largest absolute Gasteiger partial charge is 0.369 e. The molecule has 3 heterocycles. The minimum atomic E-state index is -0.906. The second kappa shape index (κ2) is 6.92. The highest BCUT2D eigenvalue weighted by Crippen LogP contribution is 2.36. The predicted molar refractivity (Wildman–Crippen MR) is 95.7 cm³/mol. The van der Waals surface area contributed by atoms with Gasteiger partial charge in [-0.1, -0.05) is 6.07 Å². The number of hydrogen-bond acceptors (Lipinski definition) is 5. The average molecular weight is 355 g/mol. The minimum Gasteiger partial charge on any atom is -0.369 e. The van der Waals surface area contributed by atoms with E-state index in [9.17, 15) is 8.78 Å². The average Bonchev–Trinajstić information content (AvgIpc) is 3.02. The molecule has 134 valence electrons. The first-order valence-corrected chi connectivity index (χ1v) is 8.57. The molecule has 1 fully saturated rings. The number of likely N-dealkylation sites (tertiary alicyclic amines) is 1. The molecule has 0 spiro atoms. The highest BCUT2D eigenvalue weighted by molar-refractivity contribution is 5.88. The summed E-state index contributed by atoms with van der Waals surface area (Å²) in [5.74, 6) is -0.923. The lowest BCUT2D eigenvalue weighted by Gasteiger charge is -2.25. The normalized spacial score (nSPS) is 20.6. The molecule has 1 N–H and O–H groups in total. The molecule has 0 bridgehead atoms. The van der Waals surface area contributed by atoms with Crippen molar-refractivity contribution in [2.45, 2.75) is 12.5 Å². The third-order valence-electron chi connectivity index (χ3n) is 5.01. The van der Waals surface area contributed by atoms with Gasteiger partial charge in [-0.15, -0.1) is 0 Å². The first kappa shape index (κ1) is 16.8. The molecule has 1 aliphatic rings. The summed E-state index contributed by atoms with van der Waals surface area (Å²) in [5, 5.41) is 3.79. The van der Waals surface area contributed by atoms with Crippen LogP contribution in [0.2, 0.25) is 0 Å². The molecule has 0 saturated carbocycles. The number of hydrogen-bond donors (Lipinski definition) is 1. The van der Waals surface area contributed by atoms with E-state index in [-0.39, 0.29) is 6.04 Å². The highest BCUT2D eigenvalue weighted by Gasteiger charge is 2.33. The summed E-state index contributed by atoms with van der Waals surface area (Å²) in [7, 11) is 2.11. The lowest BCUT2D eigenvalue weighted by molar-refractivity contribution is 0.281. The van der Waals surface area contributed by atoms with Gasteiger partial charge < -0.3 is 5.32 Å². The van der Waals surface area contributed by atoms with Crippen molar-refractivity contribution >= 4 is 16.7 Å². The summed E-state index contributed by atoms with van der Waals surface area (Å²) in [6, 6.07) is 6.54. The van der Waals surface area contributed by atoms with Crippen molar-refractivity contribution in [3.63, 3.8) is 0 Å². The van der Waals surface area contributed by atoms with Gasteiger partial charge in [-0.05, 0) is 43.6 Å². The Hall–Kier alpha value is -2.67. The van der Waals surface area contributed by atoms with Crippen molar-refractivity contribution in [3.05, 3.63) is 60.2 Å². The molecule has 4 rings (SSSR count). The molecule has 2 atom stereocenters. The van der Waals surface area contributed by atoms with Gasteiger partial charge in [0.2, 0.25) is 0 Å². The van der Waals surface area contributed by atoms with Crippen LogP contribution in [0, 0.1) is 17.6 Å². The maximum Gasteiger partial charge on any atom is 0.161 e. The number of aromatic nitrogens is 3. The van der Waals surface area contributed by atoms with Crippen LogP contribution >= 0.6 is 0 Å². The standard InChI is InChI=1S/C19H19F2N5/c1-26-6-4-13(18(26)12-3-2-5-22-9-12)10-23-19-14-7-15(20)16(21)8-17(14)24-11-25-19/h2-3,5,7-9,11,13,18H,4,6,10H2,1H3,(H,23,24,25)/t13-,18-/m0/s1. The van der Waals surface area contributed by atoms with Crippen molar-refractivity contribution in [1.82, 2.24) is 19.9 Å². The molecule has 5 nitrogen and oxygen atoms in total. The Bertz CT molecular complexity index is 918. The maximum atomic E-state index is 13.6. The number of rotatable bonds is 4. The molecule has 1 aliphatic heterocycles. The Morgan fingerprint density at radius 1 is 1.23 bits per heavy atom. The van der Waals surface area contributed by atoms with E-state index in [2.05, 4.69) is 38.3 Å². The van der Waals surface area contributed by atoms with Gasteiger partial charge in [0.1, 0.15) is 12.1 Å². The van der Waals surface area contributed by atoms with E-state index in [0.29, 0.717) is 29.2 Å². The number of anilines is 1. The number of pyridine rings is 1. The fourth-order valence-corrected chi connectivity index (χ4v) is 3.74. The zero-order valence-electron chi connectivity index (χ0n) is 14.4. The lowest BCUT2D eigenvalue weighted by atomic mass is 9.95. The van der Waals surface area contributed by atoms with Gasteiger partial charge >= 0.3 is 0 Å². The summed E-state index contributed by atoms with van der Waals surface area (Å²) in [6.45, 7) is 1.67. The van der Waals surface area contributed by atoms with Crippen LogP contribution in [0.4, 0.5) is 14.6 Å². The van der Waals surface area contributed by atoms with Gasteiger partial charge in [0.15, 0.2) is 11.6 Å². The summed E-state index contributed by atoms with van der Waals surface area (Å²) < 4.78 is 27.1. The lowest BCUT2D eigenvalue weighted by Crippen LogP contribution is -2.25. The molecule has 7 heteroatoms. The van der Waals surface area contributed by atoms with Crippen molar-refractivity contribution in [2.75, 3.05) is 25.5 Å². The van der Waals surface area contributed by atoms with Crippen LogP contribution in [0.5, 0.6) is 0 Å². The second-order valence-corrected chi connectivity index (χ2v) is 6.65. The zero-order chi connectivity index (χ0) is 18.1. The van der Waals surface area contributed by atoms with E-state index in [4.69, 9.17) is 0 Å². The molecule has 0 amide bonds. The van der Waals surface area contributed by atoms with Gasteiger partial charge in [0.05, 0.1) is 5.52 Å². The van der Waals surface area contributed by atoms with Gasteiger partial charge in [0.25, 0.3) is 0 Å². The van der Waals surface area contributed by atoms with E-state index in [1.54, 1.807) is 6.20 Å². The Kier molecular flexibility index (Phi) is 4.46. The van der Waals surface area contributed by atoms with Crippen LogP contribution < -0.4 is 5.32 Å². The van der Waals surface area contributed by atoms with Crippen LogP contribution in [0.1, 0.15) is 18.0 Å². The second-order valence-electron chi connectivity index (χ2n) is 6.65. The molecular weight excluding hydrogens is 336 g/mol. The van der Waals surface area contributed by atoms with E-state index in [1.165, 1.54) is 11.9 Å². The first-order chi connectivity index (χ1) is 12.6. The fourth-order valence-electron chi connectivity index (χ4n) is 3.74. The molecule has 1 saturated heterocycles. The SMILES string of the molecule is CN1CC[C@@H](CNc2ncnc3cc(F)c(F)cc23)[C@@H]1c1cccnc1. The third kappa shape index (κ3) is 3.10. The quantitative estimate of drug-likeness (QED) is 0.777. The number of fused-ring (bicyclic) bond motifs is 1. The molecule has 2 aromatic heterocycles. The van der Waals surface area contributed by atoms with Crippen molar-refractivity contribution in [3.8, 4) is 0 Å². The van der Waals surface area contributed by atoms with Crippen LogP contribution in [0.25, 0.3) is 10.9 Å². The highest BCUT2D eigenvalue weighted by atomic mass is 19.2. The van der Waals surface area contributed by atoms with Crippen LogP contribution in [-0.4, -0.2) is 40.0 Å². The van der Waals surface area contributed by atoms with Crippen LogP contribution in [-0.2, 0) is 0 Å². The molecule has 3 aromatic rings. The van der Waals surface area contributed by atoms with Gasteiger partial charge in [-0.25, -0.2) is 18.7 Å². The van der Waals surface area contributed by atoms with Crippen LogP contribution in [0.15, 0.2) is 43.0 Å². The molecule has 26 heavy (non-hydrogen) atoms. The van der Waals surface area contributed by atoms with E-state index in [0.717, 1.165) is 25.1 Å². The summed E-state index contributed by atoms with van der Waals surface area (Å²) >= 11 is 0. The smallest absolute Gasteiger partial charge is 0.161 e. The van der Waals surface area contributed by atoms with Gasteiger partial charge in [0, 0.05) is 36.4 Å². The number of nitrogens with one attached hydrogen (secondary N) is 1. The predicted octanol–water partition coefficient (Wildman–Crippen LogP) is 3.41. The minimum absolute atomic E-state index is 0.262. The Balaban J connectivity index is 1.57. The molecule has 0 aliphatic carbocycles. The monoisotopic (exact) mass is 355 g/mol. The maximum absolute atomic E-state index is 13.6. The van der Waals surface area contributed by atoms with Gasteiger partial charge in [-0.3, -0.25) is 9.88 Å². The Morgan fingerprint density at radius 2 is 2.08 bits per heavy atom. The Morgan fingerprint density at radius 3 is 2.88 bits per heavy atom. The zero-order valence-corrected chi connectivity index (χ0v) is 14.4. The molecular formula is C19H19F2N5. The van der Waals surface area contributed by atoms with Crippen molar-refractivity contribution in [1.29, 1.82) is 0 Å². The third-order valence-corrected chi connectivity index (χ3v) is 5.01. The van der Waals surface area contributed by atoms with Crippen molar-refractivity contribution < 1.29 is 8.78 Å². The number of halogens is 2. The van der Waals surface area contributed by atoms with E-state index >= 15 is 0 Å². The Labute approximate surface area is 150 Å².